The van der Waals surface area contributed by atoms with E-state index in [9.17, 15) is 24.0 Å². The first kappa shape index (κ1) is 30.2. The Morgan fingerprint density at radius 1 is 0.884 bits per heavy atom. The lowest BCUT2D eigenvalue weighted by Gasteiger charge is -2.27. The third-order valence-electron chi connectivity index (χ3n) is 8.80. The van der Waals surface area contributed by atoms with Gasteiger partial charge in [-0.3, -0.25) is 24.0 Å². The summed E-state index contributed by atoms with van der Waals surface area (Å²) in [5, 5.41) is 9.22. The van der Waals surface area contributed by atoms with Gasteiger partial charge >= 0.3 is 0 Å². The minimum absolute atomic E-state index is 0.0137. The van der Waals surface area contributed by atoms with Crippen molar-refractivity contribution in [3.8, 4) is 0 Å². The molecule has 1 aromatic heterocycles. The maximum absolute atomic E-state index is 13.9. The number of hydrogen-bond donors (Lipinski definition) is 4. The highest BCUT2D eigenvalue weighted by atomic mass is 16.2. The highest BCUT2D eigenvalue weighted by molar-refractivity contribution is 6.38. The van der Waals surface area contributed by atoms with Crippen molar-refractivity contribution in [2.75, 3.05) is 6.54 Å². The Morgan fingerprint density at radius 3 is 2.37 bits per heavy atom. The van der Waals surface area contributed by atoms with Gasteiger partial charge in [-0.2, -0.15) is 0 Å². The molecule has 3 atom stereocenters. The van der Waals surface area contributed by atoms with E-state index in [-0.39, 0.29) is 31.1 Å². The quantitative estimate of drug-likeness (QED) is 0.176. The maximum Gasteiger partial charge on any atom is 0.289 e. The number of aromatic nitrogens is 1. The summed E-state index contributed by atoms with van der Waals surface area (Å²) in [5.74, 6) is -3.23. The van der Waals surface area contributed by atoms with Crippen LogP contribution < -0.4 is 16.0 Å². The van der Waals surface area contributed by atoms with Crippen molar-refractivity contribution in [1.82, 2.24) is 20.9 Å². The molecule has 3 amide bonds. The molecule has 4 N–H and O–H groups in total. The molecule has 3 aromatic rings. The van der Waals surface area contributed by atoms with E-state index in [0.29, 0.717) is 31.0 Å². The van der Waals surface area contributed by atoms with Gasteiger partial charge in [-0.05, 0) is 49.3 Å². The van der Waals surface area contributed by atoms with Gasteiger partial charge in [-0.1, -0.05) is 74.2 Å². The molecule has 2 heterocycles. The van der Waals surface area contributed by atoms with Gasteiger partial charge in [0.15, 0.2) is 5.78 Å². The van der Waals surface area contributed by atoms with Crippen LogP contribution in [-0.4, -0.2) is 46.9 Å². The van der Waals surface area contributed by atoms with Gasteiger partial charge in [0.25, 0.3) is 5.91 Å². The van der Waals surface area contributed by atoms with Crippen molar-refractivity contribution in [2.45, 2.75) is 70.4 Å². The molecule has 0 bridgehead atoms. The van der Waals surface area contributed by atoms with E-state index in [1.165, 1.54) is 0 Å². The Bertz CT molecular complexity index is 1430. The van der Waals surface area contributed by atoms with E-state index in [1.807, 2.05) is 54.6 Å². The minimum Gasteiger partial charge on any atom is -0.356 e. The van der Waals surface area contributed by atoms with Crippen LogP contribution in [0.3, 0.4) is 0 Å². The van der Waals surface area contributed by atoms with E-state index < -0.39 is 35.5 Å². The molecule has 9 heteroatoms. The molecular formula is C34H40N4O5. The molecule has 226 valence electrons. The molecular weight excluding hydrogens is 544 g/mol. The van der Waals surface area contributed by atoms with Gasteiger partial charge in [0.2, 0.25) is 17.6 Å². The Balaban J connectivity index is 1.32. The predicted octanol–water partition coefficient (Wildman–Crippen LogP) is 4.22. The lowest BCUT2D eigenvalue weighted by Crippen LogP contribution is -2.51. The smallest absolute Gasteiger partial charge is 0.289 e. The Morgan fingerprint density at radius 2 is 1.63 bits per heavy atom. The third-order valence-corrected chi connectivity index (χ3v) is 8.80. The Kier molecular flexibility index (Phi) is 10.0. The van der Waals surface area contributed by atoms with E-state index in [1.54, 1.807) is 6.07 Å². The monoisotopic (exact) mass is 584 g/mol. The fourth-order valence-electron chi connectivity index (χ4n) is 6.38. The summed E-state index contributed by atoms with van der Waals surface area (Å²) in [4.78, 5) is 69.5. The van der Waals surface area contributed by atoms with Crippen LogP contribution >= 0.6 is 0 Å². The highest BCUT2D eigenvalue weighted by Gasteiger charge is 2.36. The summed E-state index contributed by atoms with van der Waals surface area (Å²) in [5.41, 5.74) is 2.13. The first-order valence-electron chi connectivity index (χ1n) is 15.4. The van der Waals surface area contributed by atoms with Gasteiger partial charge in [-0.15, -0.1) is 0 Å². The number of carbonyl (C=O) groups excluding carboxylic acids is 5. The van der Waals surface area contributed by atoms with E-state index in [0.717, 1.165) is 48.6 Å². The molecule has 9 nitrogen and oxygen atoms in total. The van der Waals surface area contributed by atoms with Crippen LogP contribution in [0, 0.1) is 17.8 Å². The van der Waals surface area contributed by atoms with Crippen molar-refractivity contribution in [3.05, 3.63) is 71.9 Å². The van der Waals surface area contributed by atoms with Crippen LogP contribution in [0.1, 0.15) is 73.8 Å². The second-order valence-corrected chi connectivity index (χ2v) is 11.9. The molecule has 1 aliphatic carbocycles. The van der Waals surface area contributed by atoms with E-state index in [4.69, 9.17) is 0 Å². The van der Waals surface area contributed by atoms with Crippen molar-refractivity contribution < 1.29 is 24.0 Å². The van der Waals surface area contributed by atoms with Gasteiger partial charge in [0.1, 0.15) is 0 Å². The molecule has 0 radical (unpaired) electrons. The first-order valence-corrected chi connectivity index (χ1v) is 15.4. The van der Waals surface area contributed by atoms with E-state index >= 15 is 0 Å². The number of carbonyl (C=O) groups is 5. The summed E-state index contributed by atoms with van der Waals surface area (Å²) in [7, 11) is 0. The van der Waals surface area contributed by atoms with Crippen molar-refractivity contribution in [2.24, 2.45) is 17.8 Å². The molecule has 1 saturated heterocycles. The Labute approximate surface area is 251 Å². The largest absolute Gasteiger partial charge is 0.356 e. The van der Waals surface area contributed by atoms with Gasteiger partial charge in [0, 0.05) is 42.2 Å². The number of fused-ring (bicyclic) bond motifs is 1. The summed E-state index contributed by atoms with van der Waals surface area (Å²) in [6.45, 7) is 0.733. The summed E-state index contributed by atoms with van der Waals surface area (Å²) >= 11 is 0. The van der Waals surface area contributed by atoms with Gasteiger partial charge in [-0.25, -0.2) is 0 Å². The summed E-state index contributed by atoms with van der Waals surface area (Å²) < 4.78 is 0. The molecule has 0 unspecified atom stereocenters. The topological polar surface area (TPSA) is 137 Å². The Hall–Kier alpha value is -4.27. The number of piperidine rings is 1. The number of benzene rings is 2. The number of hydrogen-bond acceptors (Lipinski definition) is 5. The standard InChI is InChI=1S/C34H40N4O5/c39-30(28-18-24-13-6-7-15-27(24)37-28)20-26(17-22-9-4-5-10-22)33(42)38-29(19-25-14-8-16-35-32(25)41)31(40)34(43)36-21-23-11-2-1-3-12-23/h1-3,6-7,11-13,15,18,22,25-26,29,37H,4-5,8-10,14,16-17,19-21H2,(H,35,41)(H,36,43)(H,38,42)/t25-,26+,29-/m0/s1. The zero-order valence-electron chi connectivity index (χ0n) is 24.4. The van der Waals surface area contributed by atoms with Crippen LogP contribution in [-0.2, 0) is 25.7 Å². The molecule has 2 aromatic carbocycles. The van der Waals surface area contributed by atoms with Crippen LogP contribution in [0.2, 0.25) is 0 Å². The van der Waals surface area contributed by atoms with Crippen LogP contribution in [0.15, 0.2) is 60.7 Å². The van der Waals surface area contributed by atoms with Crippen molar-refractivity contribution in [1.29, 1.82) is 0 Å². The normalized spacial score (nSPS) is 18.5. The van der Waals surface area contributed by atoms with Gasteiger partial charge in [0.05, 0.1) is 11.7 Å². The maximum atomic E-state index is 13.9. The number of H-pyrrole nitrogens is 1. The second-order valence-electron chi connectivity index (χ2n) is 11.9. The molecule has 5 rings (SSSR count). The molecule has 1 saturated carbocycles. The van der Waals surface area contributed by atoms with Gasteiger partial charge < -0.3 is 20.9 Å². The van der Waals surface area contributed by atoms with E-state index in [2.05, 4.69) is 20.9 Å². The zero-order valence-corrected chi connectivity index (χ0v) is 24.4. The average Bonchev–Trinajstić information content (AvgIpc) is 3.70. The number of aromatic amines is 1. The zero-order chi connectivity index (χ0) is 30.2. The first-order chi connectivity index (χ1) is 20.9. The molecule has 2 aliphatic rings. The molecule has 43 heavy (non-hydrogen) atoms. The number of rotatable bonds is 13. The fraction of sp³-hybridized carbons (Fsp3) is 0.441. The van der Waals surface area contributed by atoms with Crippen molar-refractivity contribution in [3.63, 3.8) is 0 Å². The second kappa shape index (κ2) is 14.3. The molecule has 0 spiro atoms. The van der Waals surface area contributed by atoms with Crippen molar-refractivity contribution >= 4 is 40.2 Å². The lowest BCUT2D eigenvalue weighted by atomic mass is 9.86. The average molecular weight is 585 g/mol. The summed E-state index contributed by atoms with van der Waals surface area (Å²) in [6.07, 6.45) is 6.05. The SMILES string of the molecule is O=C(NCc1ccccc1)C(=O)[C@H](C[C@@H]1CCCNC1=O)NC(=O)[C@@H](CC(=O)c1cc2ccccc2[nH]1)CC1CCCC1. The molecule has 2 fully saturated rings. The number of ketones is 2. The van der Waals surface area contributed by atoms with Crippen LogP contribution in [0.25, 0.3) is 10.9 Å². The number of nitrogens with one attached hydrogen (secondary N) is 4. The number of Topliss-reactive ketones (excluding diaryl/α,β-unsaturated/α-hetero) is 2. The lowest BCUT2D eigenvalue weighted by molar-refractivity contribution is -0.141. The van der Waals surface area contributed by atoms with Crippen LogP contribution in [0.4, 0.5) is 0 Å². The molecule has 1 aliphatic heterocycles. The summed E-state index contributed by atoms with van der Waals surface area (Å²) in [6, 6.07) is 17.5. The highest BCUT2D eigenvalue weighted by Crippen LogP contribution is 2.32. The number of amides is 3. The number of para-hydroxylation sites is 1. The fourth-order valence-corrected chi connectivity index (χ4v) is 6.38. The predicted molar refractivity (Wildman–Crippen MR) is 163 cm³/mol. The third kappa shape index (κ3) is 7.97. The van der Waals surface area contributed by atoms with Crippen LogP contribution in [0.5, 0.6) is 0 Å². The minimum atomic E-state index is -1.17.